The van der Waals surface area contributed by atoms with Gasteiger partial charge in [-0.15, -0.1) is 10.2 Å². The van der Waals surface area contributed by atoms with E-state index in [-0.39, 0.29) is 5.75 Å². The van der Waals surface area contributed by atoms with Crippen LogP contribution in [-0.2, 0) is 16.4 Å². The molecule has 0 unspecified atom stereocenters. The van der Waals surface area contributed by atoms with Crippen molar-refractivity contribution in [1.82, 2.24) is 10.2 Å². The first kappa shape index (κ1) is 14.0. The predicted molar refractivity (Wildman–Crippen MR) is 77.0 cm³/mol. The highest BCUT2D eigenvalue weighted by atomic mass is 32.2. The van der Waals surface area contributed by atoms with E-state index in [0.29, 0.717) is 11.6 Å². The molecule has 1 aromatic heterocycles. The molecule has 5 nitrogen and oxygen atoms in total. The van der Waals surface area contributed by atoms with Crippen LogP contribution in [0.2, 0.25) is 0 Å². The number of nitrogens with zero attached hydrogens (tertiary/aromatic N) is 2. The van der Waals surface area contributed by atoms with Crippen molar-refractivity contribution in [3.63, 3.8) is 0 Å². The van der Waals surface area contributed by atoms with E-state index in [1.807, 2.05) is 31.2 Å². The van der Waals surface area contributed by atoms with Gasteiger partial charge in [0.2, 0.25) is 15.2 Å². The summed E-state index contributed by atoms with van der Waals surface area (Å²) in [6, 6.07) is 8.15. The van der Waals surface area contributed by atoms with Gasteiger partial charge in [0.1, 0.15) is 5.01 Å². The second-order valence-corrected chi connectivity index (χ2v) is 7.24. The van der Waals surface area contributed by atoms with E-state index in [1.54, 1.807) is 6.92 Å². The van der Waals surface area contributed by atoms with Gasteiger partial charge in [0.15, 0.2) is 0 Å². The second-order valence-electron chi connectivity index (χ2n) is 4.17. The molecule has 0 aliphatic rings. The van der Waals surface area contributed by atoms with Gasteiger partial charge >= 0.3 is 0 Å². The van der Waals surface area contributed by atoms with Crippen LogP contribution < -0.4 is 4.72 Å². The van der Waals surface area contributed by atoms with Crippen molar-refractivity contribution in [2.24, 2.45) is 0 Å². The average molecular weight is 297 g/mol. The fourth-order valence-corrected chi connectivity index (χ4v) is 3.08. The maximum absolute atomic E-state index is 11.4. The van der Waals surface area contributed by atoms with Gasteiger partial charge in [-0.2, -0.15) is 0 Å². The van der Waals surface area contributed by atoms with Crippen LogP contribution in [-0.4, -0.2) is 24.4 Å². The zero-order valence-electron chi connectivity index (χ0n) is 10.8. The number of hydrogen-bond acceptors (Lipinski definition) is 5. The maximum atomic E-state index is 11.4. The highest BCUT2D eigenvalue weighted by Crippen LogP contribution is 2.19. The van der Waals surface area contributed by atoms with E-state index < -0.39 is 10.0 Å². The summed E-state index contributed by atoms with van der Waals surface area (Å²) in [6.07, 6.45) is 0.659. The summed E-state index contributed by atoms with van der Waals surface area (Å²) < 4.78 is 25.2. The van der Waals surface area contributed by atoms with Crippen LogP contribution in [0.5, 0.6) is 0 Å². The molecule has 2 rings (SSSR count). The zero-order chi connectivity index (χ0) is 13.9. The lowest BCUT2D eigenvalue weighted by atomic mass is 10.1. The molecule has 0 aliphatic heterocycles. The summed E-state index contributed by atoms with van der Waals surface area (Å²) in [5, 5.41) is 8.95. The minimum absolute atomic E-state index is 0.0277. The number of aryl methyl sites for hydroxylation is 1. The molecular weight excluding hydrogens is 282 g/mol. The van der Waals surface area contributed by atoms with Gasteiger partial charge in [-0.3, -0.25) is 4.72 Å². The van der Waals surface area contributed by atoms with Crippen LogP contribution >= 0.6 is 11.3 Å². The van der Waals surface area contributed by atoms with E-state index in [2.05, 4.69) is 14.9 Å². The Balaban J connectivity index is 2.07. The Labute approximate surface area is 116 Å². The van der Waals surface area contributed by atoms with Crippen molar-refractivity contribution >= 4 is 26.5 Å². The lowest BCUT2D eigenvalue weighted by molar-refractivity contribution is 0.602. The molecule has 0 saturated carbocycles. The van der Waals surface area contributed by atoms with Crippen LogP contribution in [0.25, 0.3) is 0 Å². The average Bonchev–Trinajstić information content (AvgIpc) is 2.79. The van der Waals surface area contributed by atoms with Gasteiger partial charge in [-0.05, 0) is 19.4 Å². The fraction of sp³-hybridized carbons (Fsp3) is 0.333. The molecule has 1 heterocycles. The van der Waals surface area contributed by atoms with Crippen LogP contribution in [0.1, 0.15) is 23.1 Å². The van der Waals surface area contributed by atoms with Crippen molar-refractivity contribution in [2.75, 3.05) is 10.5 Å². The zero-order valence-corrected chi connectivity index (χ0v) is 12.4. The molecule has 7 heteroatoms. The molecule has 19 heavy (non-hydrogen) atoms. The number of aromatic nitrogens is 2. The summed E-state index contributed by atoms with van der Waals surface area (Å²) in [5.41, 5.74) is 2.34. The first-order chi connectivity index (χ1) is 8.98. The van der Waals surface area contributed by atoms with Crippen molar-refractivity contribution in [3.05, 3.63) is 40.4 Å². The Morgan fingerprint density at radius 1 is 1.21 bits per heavy atom. The Hall–Kier alpha value is -1.47. The maximum Gasteiger partial charge on any atom is 0.234 e. The van der Waals surface area contributed by atoms with Crippen molar-refractivity contribution in [1.29, 1.82) is 0 Å². The lowest BCUT2D eigenvalue weighted by Gasteiger charge is -1.99. The molecule has 1 N–H and O–H groups in total. The van der Waals surface area contributed by atoms with Crippen molar-refractivity contribution in [3.8, 4) is 0 Å². The Morgan fingerprint density at radius 3 is 2.53 bits per heavy atom. The third-order valence-electron chi connectivity index (χ3n) is 2.57. The molecule has 0 fully saturated rings. The number of nitrogens with one attached hydrogen (secondary N) is 1. The number of sulfonamides is 1. The molecule has 1 aromatic carbocycles. The third-order valence-corrected chi connectivity index (χ3v) is 4.80. The van der Waals surface area contributed by atoms with Gasteiger partial charge in [-0.1, -0.05) is 41.2 Å². The first-order valence-corrected chi connectivity index (χ1v) is 8.34. The second kappa shape index (κ2) is 5.66. The van der Waals surface area contributed by atoms with Crippen LogP contribution in [0.15, 0.2) is 24.3 Å². The minimum atomic E-state index is -3.28. The number of rotatable bonds is 5. The Morgan fingerprint density at radius 2 is 1.89 bits per heavy atom. The molecule has 0 atom stereocenters. The van der Waals surface area contributed by atoms with Gasteiger partial charge in [0, 0.05) is 6.42 Å². The van der Waals surface area contributed by atoms with E-state index in [9.17, 15) is 8.42 Å². The summed E-state index contributed by atoms with van der Waals surface area (Å²) >= 11 is 1.26. The number of anilines is 1. The minimum Gasteiger partial charge on any atom is -0.257 e. The highest BCUT2D eigenvalue weighted by molar-refractivity contribution is 7.92. The number of benzene rings is 1. The smallest absolute Gasteiger partial charge is 0.234 e. The quantitative estimate of drug-likeness (QED) is 0.918. The topological polar surface area (TPSA) is 72.0 Å². The summed E-state index contributed by atoms with van der Waals surface area (Å²) in [7, 11) is -3.28. The summed E-state index contributed by atoms with van der Waals surface area (Å²) in [4.78, 5) is 0. The van der Waals surface area contributed by atoms with E-state index in [4.69, 9.17) is 0 Å². The molecule has 0 bridgehead atoms. The van der Waals surface area contributed by atoms with Gasteiger partial charge < -0.3 is 0 Å². The molecule has 2 aromatic rings. The first-order valence-electron chi connectivity index (χ1n) is 5.87. The third kappa shape index (κ3) is 4.00. The normalized spacial score (nSPS) is 11.5. The summed E-state index contributed by atoms with van der Waals surface area (Å²) in [5.74, 6) is 0.0277. The largest absolute Gasteiger partial charge is 0.257 e. The summed E-state index contributed by atoms with van der Waals surface area (Å²) in [6.45, 7) is 3.61. The van der Waals surface area contributed by atoms with Crippen LogP contribution in [0.3, 0.4) is 0 Å². The molecule has 0 aliphatic carbocycles. The lowest BCUT2D eigenvalue weighted by Crippen LogP contribution is -2.14. The van der Waals surface area contributed by atoms with Gasteiger partial charge in [0.05, 0.1) is 5.75 Å². The molecule has 0 spiro atoms. The van der Waals surface area contributed by atoms with Crippen molar-refractivity contribution < 1.29 is 8.42 Å². The monoisotopic (exact) mass is 297 g/mol. The SMILES string of the molecule is CCS(=O)(=O)Nc1nnc(Cc2ccc(C)cc2)s1. The number of hydrogen-bond donors (Lipinski definition) is 1. The van der Waals surface area contributed by atoms with Crippen LogP contribution in [0.4, 0.5) is 5.13 Å². The molecule has 0 radical (unpaired) electrons. The van der Waals surface area contributed by atoms with Gasteiger partial charge in [0.25, 0.3) is 0 Å². The van der Waals surface area contributed by atoms with Gasteiger partial charge in [-0.25, -0.2) is 8.42 Å². The molecule has 102 valence electrons. The Kier molecular flexibility index (Phi) is 4.16. The molecule has 0 saturated heterocycles. The van der Waals surface area contributed by atoms with Crippen molar-refractivity contribution in [2.45, 2.75) is 20.3 Å². The fourth-order valence-electron chi connectivity index (χ4n) is 1.45. The Bertz CT molecular complexity index is 648. The highest BCUT2D eigenvalue weighted by Gasteiger charge is 2.11. The molecule has 0 amide bonds. The predicted octanol–water partition coefficient (Wildman–Crippen LogP) is 2.20. The standard InChI is InChI=1S/C12H15N3O2S2/c1-3-19(16,17)15-12-14-13-11(18-12)8-10-6-4-9(2)5-7-10/h4-7H,3,8H2,1-2H3,(H,14,15). The molecular formula is C12H15N3O2S2. The van der Waals surface area contributed by atoms with E-state index in [0.717, 1.165) is 10.6 Å². The van der Waals surface area contributed by atoms with E-state index >= 15 is 0 Å². The van der Waals surface area contributed by atoms with E-state index in [1.165, 1.54) is 16.9 Å². The van der Waals surface area contributed by atoms with Crippen LogP contribution in [0, 0.1) is 6.92 Å².